The molecule has 3 rings (SSSR count). The Hall–Kier alpha value is -0.860. The van der Waals surface area contributed by atoms with E-state index in [0.29, 0.717) is 6.04 Å². The first-order chi connectivity index (χ1) is 7.71. The van der Waals surface area contributed by atoms with Gasteiger partial charge in [-0.05, 0) is 31.2 Å². The minimum Gasteiger partial charge on any atom is -0.379 e. The fourth-order valence-corrected chi connectivity index (χ4v) is 3.03. The molecule has 2 N–H and O–H groups in total. The Balaban J connectivity index is 1.90. The maximum absolute atomic E-state index is 5.91. The fraction of sp³-hybridized carbons (Fsp3) is 0.571. The van der Waals surface area contributed by atoms with Crippen molar-refractivity contribution >= 4 is 0 Å². The van der Waals surface area contributed by atoms with Crippen LogP contribution in [-0.2, 0) is 10.2 Å². The lowest BCUT2D eigenvalue weighted by Crippen LogP contribution is -2.58. The van der Waals surface area contributed by atoms with Crippen LogP contribution in [0.25, 0.3) is 0 Å². The van der Waals surface area contributed by atoms with Crippen LogP contribution in [0.4, 0.5) is 0 Å². The molecule has 1 aromatic carbocycles. The Labute approximate surface area is 96.8 Å². The summed E-state index contributed by atoms with van der Waals surface area (Å²) in [6.45, 7) is 3.92. The smallest absolute Gasteiger partial charge is 0.0588 e. The monoisotopic (exact) mass is 217 g/mol. The van der Waals surface area contributed by atoms with Crippen molar-refractivity contribution in [1.82, 2.24) is 0 Å². The SMILES string of the molecule is Cc1cccc(C2(C3CC(N)C3)COC2)c1. The minimum atomic E-state index is 0.280. The Morgan fingerprint density at radius 1 is 1.31 bits per heavy atom. The Bertz CT molecular complexity index is 391. The van der Waals surface area contributed by atoms with E-state index in [9.17, 15) is 0 Å². The lowest BCUT2D eigenvalue weighted by Gasteiger charge is -2.53. The summed E-state index contributed by atoms with van der Waals surface area (Å²) in [5.74, 6) is 0.734. The molecular weight excluding hydrogens is 198 g/mol. The highest BCUT2D eigenvalue weighted by Gasteiger charge is 2.51. The van der Waals surface area contributed by atoms with Gasteiger partial charge in [0.15, 0.2) is 0 Å². The molecule has 2 fully saturated rings. The van der Waals surface area contributed by atoms with Gasteiger partial charge in [0.2, 0.25) is 0 Å². The van der Waals surface area contributed by atoms with E-state index < -0.39 is 0 Å². The van der Waals surface area contributed by atoms with Crippen LogP contribution in [0.5, 0.6) is 0 Å². The third-order valence-corrected chi connectivity index (χ3v) is 4.27. The van der Waals surface area contributed by atoms with E-state index in [4.69, 9.17) is 10.5 Å². The third-order valence-electron chi connectivity index (χ3n) is 4.27. The maximum Gasteiger partial charge on any atom is 0.0588 e. The number of benzene rings is 1. The summed E-state index contributed by atoms with van der Waals surface area (Å²) in [5.41, 5.74) is 8.99. The van der Waals surface area contributed by atoms with E-state index in [1.807, 2.05) is 0 Å². The number of nitrogens with two attached hydrogens (primary N) is 1. The van der Waals surface area contributed by atoms with Crippen LogP contribution in [0.3, 0.4) is 0 Å². The zero-order valence-electron chi connectivity index (χ0n) is 9.78. The van der Waals surface area contributed by atoms with E-state index in [1.165, 1.54) is 11.1 Å². The van der Waals surface area contributed by atoms with Gasteiger partial charge in [-0.2, -0.15) is 0 Å². The van der Waals surface area contributed by atoms with Gasteiger partial charge >= 0.3 is 0 Å². The Kier molecular flexibility index (Phi) is 2.30. The van der Waals surface area contributed by atoms with E-state index in [1.54, 1.807) is 0 Å². The number of hydrogen-bond acceptors (Lipinski definition) is 2. The average Bonchev–Trinajstić information content (AvgIpc) is 2.13. The highest BCUT2D eigenvalue weighted by molar-refractivity contribution is 5.33. The molecule has 1 aromatic rings. The number of hydrogen-bond donors (Lipinski definition) is 1. The first kappa shape index (κ1) is 10.3. The van der Waals surface area contributed by atoms with E-state index in [0.717, 1.165) is 32.0 Å². The van der Waals surface area contributed by atoms with Gasteiger partial charge < -0.3 is 10.5 Å². The van der Waals surface area contributed by atoms with Crippen LogP contribution >= 0.6 is 0 Å². The van der Waals surface area contributed by atoms with Crippen LogP contribution in [0.1, 0.15) is 24.0 Å². The van der Waals surface area contributed by atoms with Gasteiger partial charge in [0.25, 0.3) is 0 Å². The molecule has 0 amide bonds. The molecule has 0 spiro atoms. The molecule has 1 saturated heterocycles. The average molecular weight is 217 g/mol. The second kappa shape index (κ2) is 3.57. The quantitative estimate of drug-likeness (QED) is 0.822. The predicted octanol–water partition coefficient (Wildman–Crippen LogP) is 2.00. The molecule has 1 heterocycles. The van der Waals surface area contributed by atoms with Crippen molar-refractivity contribution in [3.05, 3.63) is 35.4 Å². The highest BCUT2D eigenvalue weighted by Crippen LogP contribution is 2.48. The van der Waals surface area contributed by atoms with E-state index >= 15 is 0 Å². The van der Waals surface area contributed by atoms with Crippen molar-refractivity contribution in [3.63, 3.8) is 0 Å². The fourth-order valence-electron chi connectivity index (χ4n) is 3.03. The highest BCUT2D eigenvalue weighted by atomic mass is 16.5. The number of ether oxygens (including phenoxy) is 1. The molecule has 1 saturated carbocycles. The van der Waals surface area contributed by atoms with Gasteiger partial charge in [-0.1, -0.05) is 29.8 Å². The van der Waals surface area contributed by atoms with Crippen molar-refractivity contribution in [2.24, 2.45) is 11.7 Å². The summed E-state index contributed by atoms with van der Waals surface area (Å²) in [6.07, 6.45) is 2.33. The van der Waals surface area contributed by atoms with Crippen molar-refractivity contribution in [3.8, 4) is 0 Å². The predicted molar refractivity (Wildman–Crippen MR) is 64.4 cm³/mol. The molecule has 0 aromatic heterocycles. The van der Waals surface area contributed by atoms with Crippen molar-refractivity contribution in [1.29, 1.82) is 0 Å². The summed E-state index contributed by atoms with van der Waals surface area (Å²) >= 11 is 0. The molecule has 2 aliphatic rings. The molecule has 1 aliphatic carbocycles. The molecule has 2 nitrogen and oxygen atoms in total. The van der Waals surface area contributed by atoms with Gasteiger partial charge in [-0.15, -0.1) is 0 Å². The molecule has 1 aliphatic heterocycles. The summed E-state index contributed by atoms with van der Waals surface area (Å²) in [4.78, 5) is 0. The largest absolute Gasteiger partial charge is 0.379 e. The molecule has 0 bridgehead atoms. The topological polar surface area (TPSA) is 35.2 Å². The summed E-state index contributed by atoms with van der Waals surface area (Å²) < 4.78 is 5.48. The second-order valence-electron chi connectivity index (χ2n) is 5.45. The lowest BCUT2D eigenvalue weighted by atomic mass is 9.59. The molecule has 0 radical (unpaired) electrons. The van der Waals surface area contributed by atoms with Gasteiger partial charge in [-0.3, -0.25) is 0 Å². The zero-order valence-corrected chi connectivity index (χ0v) is 9.78. The Morgan fingerprint density at radius 3 is 2.56 bits per heavy atom. The summed E-state index contributed by atoms with van der Waals surface area (Å²) in [6, 6.07) is 9.30. The number of aryl methyl sites for hydroxylation is 1. The first-order valence-electron chi connectivity index (χ1n) is 6.11. The molecule has 2 heteroatoms. The van der Waals surface area contributed by atoms with Crippen LogP contribution in [-0.4, -0.2) is 19.3 Å². The van der Waals surface area contributed by atoms with Gasteiger partial charge in [0.05, 0.1) is 13.2 Å². The Morgan fingerprint density at radius 2 is 2.06 bits per heavy atom. The summed E-state index contributed by atoms with van der Waals surface area (Å²) in [5, 5.41) is 0. The van der Waals surface area contributed by atoms with Crippen LogP contribution < -0.4 is 5.73 Å². The van der Waals surface area contributed by atoms with Crippen molar-refractivity contribution in [2.45, 2.75) is 31.2 Å². The second-order valence-corrected chi connectivity index (χ2v) is 5.45. The zero-order chi connectivity index (χ0) is 11.2. The third kappa shape index (κ3) is 1.40. The van der Waals surface area contributed by atoms with Gasteiger partial charge in [0.1, 0.15) is 0 Å². The van der Waals surface area contributed by atoms with E-state index in [2.05, 4.69) is 31.2 Å². The molecule has 0 unspecified atom stereocenters. The normalized spacial score (nSPS) is 31.6. The van der Waals surface area contributed by atoms with Crippen LogP contribution in [0, 0.1) is 12.8 Å². The first-order valence-corrected chi connectivity index (χ1v) is 6.11. The summed E-state index contributed by atoms with van der Waals surface area (Å²) in [7, 11) is 0. The van der Waals surface area contributed by atoms with Crippen molar-refractivity contribution < 1.29 is 4.74 Å². The number of rotatable bonds is 2. The molecule has 16 heavy (non-hydrogen) atoms. The van der Waals surface area contributed by atoms with Crippen molar-refractivity contribution in [2.75, 3.05) is 13.2 Å². The molecule has 86 valence electrons. The molecular formula is C14H19NO. The van der Waals surface area contributed by atoms with Gasteiger partial charge in [0, 0.05) is 11.5 Å². The van der Waals surface area contributed by atoms with E-state index in [-0.39, 0.29) is 5.41 Å². The standard InChI is InChI=1S/C14H19NO/c1-10-3-2-4-11(5-10)14(8-16-9-14)12-6-13(15)7-12/h2-5,12-13H,6-9,15H2,1H3. The van der Waals surface area contributed by atoms with Gasteiger partial charge in [-0.25, -0.2) is 0 Å². The maximum atomic E-state index is 5.91. The van der Waals surface area contributed by atoms with Crippen LogP contribution in [0.2, 0.25) is 0 Å². The molecule has 0 atom stereocenters. The van der Waals surface area contributed by atoms with Crippen LogP contribution in [0.15, 0.2) is 24.3 Å². The minimum absolute atomic E-state index is 0.280. The lowest BCUT2D eigenvalue weighted by molar-refractivity contribution is -0.111.